The number of hydrogen-bond acceptors (Lipinski definition) is 5. The highest BCUT2D eigenvalue weighted by atomic mass is 16.5. The average molecular weight is 354 g/mol. The maximum Gasteiger partial charge on any atom is 0.172 e. The van der Waals surface area contributed by atoms with Crippen LogP contribution in [-0.4, -0.2) is 17.5 Å². The highest BCUT2D eigenvalue weighted by Gasteiger charge is 2.38. The van der Waals surface area contributed by atoms with Gasteiger partial charge in [0, 0.05) is 18.8 Å². The molecule has 0 saturated carbocycles. The molecule has 0 N–H and O–H groups in total. The molecule has 0 aromatic heterocycles. The third-order valence-corrected chi connectivity index (χ3v) is 3.93. The first-order valence-corrected chi connectivity index (χ1v) is 8.21. The third kappa shape index (κ3) is 4.36. The summed E-state index contributed by atoms with van der Waals surface area (Å²) in [6, 6.07) is 5.60. The van der Waals surface area contributed by atoms with Crippen LogP contribution in [0.4, 0.5) is 0 Å². The summed E-state index contributed by atoms with van der Waals surface area (Å²) in [6.45, 7) is 3.58. The number of nitrogens with zero attached hydrogens (tertiary/aromatic N) is 4. The molecule has 0 radical (unpaired) electrons. The van der Waals surface area contributed by atoms with Crippen molar-refractivity contribution in [1.29, 1.82) is 15.8 Å². The smallest absolute Gasteiger partial charge is 0.172 e. The van der Waals surface area contributed by atoms with E-state index in [-0.39, 0.29) is 16.9 Å². The molecule has 0 unspecified atom stereocenters. The molecule has 27 heavy (non-hydrogen) atoms. The van der Waals surface area contributed by atoms with Gasteiger partial charge in [-0.2, -0.15) is 15.8 Å². The van der Waals surface area contributed by atoms with E-state index in [2.05, 4.69) is 5.73 Å². The SMILES string of the molecule is CN1C=CC=CC1=C=CC=CC=CC1=C(C#N)C(=C(C#N)C#N)OC1(C)C. The lowest BCUT2D eigenvalue weighted by molar-refractivity contribution is 0.0954. The Labute approximate surface area is 159 Å². The van der Waals surface area contributed by atoms with Gasteiger partial charge in [0.15, 0.2) is 11.3 Å². The van der Waals surface area contributed by atoms with E-state index in [1.165, 1.54) is 0 Å². The summed E-state index contributed by atoms with van der Waals surface area (Å²) in [5.41, 5.74) is 3.93. The van der Waals surface area contributed by atoms with Crippen LogP contribution < -0.4 is 0 Å². The zero-order chi connectivity index (χ0) is 19.9. The van der Waals surface area contributed by atoms with Crippen LogP contribution in [-0.2, 0) is 4.74 Å². The van der Waals surface area contributed by atoms with E-state index in [0.717, 1.165) is 5.70 Å². The minimum absolute atomic E-state index is 0.0425. The summed E-state index contributed by atoms with van der Waals surface area (Å²) >= 11 is 0. The molecule has 0 aromatic carbocycles. The molecule has 5 heteroatoms. The third-order valence-electron chi connectivity index (χ3n) is 3.93. The summed E-state index contributed by atoms with van der Waals surface area (Å²) in [7, 11) is 1.94. The highest BCUT2D eigenvalue weighted by Crippen LogP contribution is 2.40. The van der Waals surface area contributed by atoms with Gasteiger partial charge in [-0.05, 0) is 32.1 Å². The lowest BCUT2D eigenvalue weighted by Gasteiger charge is -2.20. The van der Waals surface area contributed by atoms with Crippen LogP contribution in [0.25, 0.3) is 0 Å². The summed E-state index contributed by atoms with van der Waals surface area (Å²) in [6.07, 6.45) is 16.8. The molecule has 0 fully saturated rings. The van der Waals surface area contributed by atoms with Crippen molar-refractivity contribution in [2.75, 3.05) is 7.05 Å². The van der Waals surface area contributed by atoms with Gasteiger partial charge in [0.1, 0.15) is 29.4 Å². The zero-order valence-electron chi connectivity index (χ0n) is 15.4. The van der Waals surface area contributed by atoms with Gasteiger partial charge in [0.25, 0.3) is 0 Å². The fourth-order valence-corrected chi connectivity index (χ4v) is 2.56. The monoisotopic (exact) mass is 354 g/mol. The van der Waals surface area contributed by atoms with Crippen molar-refractivity contribution in [3.63, 3.8) is 0 Å². The van der Waals surface area contributed by atoms with Crippen LogP contribution in [0.3, 0.4) is 0 Å². The number of hydrogen-bond donors (Lipinski definition) is 0. The zero-order valence-corrected chi connectivity index (χ0v) is 15.4. The molecule has 132 valence electrons. The van der Waals surface area contributed by atoms with Gasteiger partial charge >= 0.3 is 0 Å². The topological polar surface area (TPSA) is 83.8 Å². The molecular weight excluding hydrogens is 336 g/mol. The first-order chi connectivity index (χ1) is 12.9. The Morgan fingerprint density at radius 3 is 2.48 bits per heavy atom. The predicted octanol–water partition coefficient (Wildman–Crippen LogP) is 4.08. The standard InChI is InChI=1S/C22H18N4O/c1-22(2)20(19(16-25)21(27-22)17(14-23)15-24)12-7-5-4-6-10-18-11-8-9-13-26(18)3/h4-9,11-13H,1-3H3. The fourth-order valence-electron chi connectivity index (χ4n) is 2.56. The number of allylic oxidation sites excluding steroid dienone is 8. The Bertz CT molecular complexity index is 986. The fraction of sp³-hybridized carbons (Fsp3) is 0.182. The van der Waals surface area contributed by atoms with Crippen molar-refractivity contribution >= 4 is 0 Å². The summed E-state index contributed by atoms with van der Waals surface area (Å²) in [5.74, 6) is 0.0425. The van der Waals surface area contributed by atoms with E-state index in [1.54, 1.807) is 44.2 Å². The first kappa shape index (κ1) is 19.4. The van der Waals surface area contributed by atoms with E-state index in [1.807, 2.05) is 54.6 Å². The Morgan fingerprint density at radius 2 is 1.85 bits per heavy atom. The second kappa shape index (κ2) is 8.41. The molecule has 0 amide bonds. The predicted molar refractivity (Wildman–Crippen MR) is 102 cm³/mol. The van der Waals surface area contributed by atoms with Crippen molar-refractivity contribution < 1.29 is 4.74 Å². The minimum atomic E-state index is -0.802. The molecule has 0 aliphatic carbocycles. The van der Waals surface area contributed by atoms with Gasteiger partial charge in [-0.3, -0.25) is 0 Å². The molecule has 0 saturated heterocycles. The Kier molecular flexibility index (Phi) is 6.03. The number of rotatable bonds is 3. The van der Waals surface area contributed by atoms with Crippen molar-refractivity contribution in [1.82, 2.24) is 4.90 Å². The quantitative estimate of drug-likeness (QED) is 0.433. The van der Waals surface area contributed by atoms with E-state index in [4.69, 9.17) is 15.3 Å². The van der Waals surface area contributed by atoms with E-state index < -0.39 is 5.60 Å². The second-order valence-electron chi connectivity index (χ2n) is 6.19. The van der Waals surface area contributed by atoms with Crippen LogP contribution in [0.5, 0.6) is 0 Å². The molecule has 0 atom stereocenters. The number of likely N-dealkylation sites (N-methyl/N-ethyl adjacent to an activating group) is 1. The van der Waals surface area contributed by atoms with Crippen LogP contribution in [0, 0.1) is 34.0 Å². The van der Waals surface area contributed by atoms with Crippen LogP contribution in [0.15, 0.2) is 88.7 Å². The Balaban J connectivity index is 2.27. The van der Waals surface area contributed by atoms with E-state index in [0.29, 0.717) is 5.57 Å². The lowest BCUT2D eigenvalue weighted by Crippen LogP contribution is -2.20. The van der Waals surface area contributed by atoms with E-state index in [9.17, 15) is 5.26 Å². The van der Waals surface area contributed by atoms with Crippen LogP contribution >= 0.6 is 0 Å². The van der Waals surface area contributed by atoms with Gasteiger partial charge < -0.3 is 9.64 Å². The molecule has 2 heterocycles. The van der Waals surface area contributed by atoms with Gasteiger partial charge in [-0.15, -0.1) is 0 Å². The lowest BCUT2D eigenvalue weighted by atomic mass is 9.95. The maximum absolute atomic E-state index is 9.46. The van der Waals surface area contributed by atoms with Gasteiger partial charge in [-0.25, -0.2) is 0 Å². The van der Waals surface area contributed by atoms with Crippen molar-refractivity contribution in [3.8, 4) is 18.2 Å². The number of nitriles is 3. The van der Waals surface area contributed by atoms with Crippen LogP contribution in [0.2, 0.25) is 0 Å². The Morgan fingerprint density at radius 1 is 1.11 bits per heavy atom. The average Bonchev–Trinajstić information content (AvgIpc) is 2.90. The first-order valence-electron chi connectivity index (χ1n) is 8.21. The molecular formula is C22H18N4O. The minimum Gasteiger partial charge on any atom is -0.480 e. The van der Waals surface area contributed by atoms with Gasteiger partial charge in [0.2, 0.25) is 0 Å². The molecule has 0 bridgehead atoms. The van der Waals surface area contributed by atoms with Gasteiger partial charge in [0.05, 0.1) is 5.70 Å². The molecule has 2 aliphatic heterocycles. The second-order valence-corrected chi connectivity index (χ2v) is 6.19. The maximum atomic E-state index is 9.46. The van der Waals surface area contributed by atoms with Crippen molar-refractivity contribution in [2.45, 2.75) is 19.4 Å². The number of ether oxygens (including phenoxy) is 1. The molecule has 0 aromatic rings. The summed E-state index contributed by atoms with van der Waals surface area (Å²) in [5, 5.41) is 27.6. The largest absolute Gasteiger partial charge is 0.480 e. The van der Waals surface area contributed by atoms with E-state index >= 15 is 0 Å². The van der Waals surface area contributed by atoms with Crippen molar-refractivity contribution in [2.24, 2.45) is 0 Å². The molecule has 2 rings (SSSR count). The summed E-state index contributed by atoms with van der Waals surface area (Å²) < 4.78 is 5.70. The van der Waals surface area contributed by atoms with Crippen LogP contribution in [0.1, 0.15) is 13.8 Å². The van der Waals surface area contributed by atoms with Crippen molar-refractivity contribution in [3.05, 3.63) is 88.7 Å². The Hall–Kier alpha value is -3.97. The highest BCUT2D eigenvalue weighted by molar-refractivity contribution is 5.60. The molecule has 0 spiro atoms. The summed E-state index contributed by atoms with van der Waals surface area (Å²) in [4.78, 5) is 1.96. The van der Waals surface area contributed by atoms with Gasteiger partial charge in [-0.1, -0.05) is 36.1 Å². The molecule has 5 nitrogen and oxygen atoms in total. The molecule has 2 aliphatic rings. The normalized spacial score (nSPS) is 17.6.